The van der Waals surface area contributed by atoms with Crippen LogP contribution in [-0.2, 0) is 4.79 Å². The van der Waals surface area contributed by atoms with Crippen molar-refractivity contribution in [3.05, 3.63) is 29.6 Å². The highest BCUT2D eigenvalue weighted by Crippen LogP contribution is 2.28. The highest BCUT2D eigenvalue weighted by Gasteiger charge is 2.31. The maximum absolute atomic E-state index is 13.4. The van der Waals surface area contributed by atoms with E-state index in [-0.39, 0.29) is 24.4 Å². The van der Waals surface area contributed by atoms with Crippen molar-refractivity contribution in [3.8, 4) is 5.75 Å². The van der Waals surface area contributed by atoms with E-state index in [1.54, 1.807) is 13.1 Å². The van der Waals surface area contributed by atoms with Crippen molar-refractivity contribution < 1.29 is 13.9 Å². The zero-order chi connectivity index (χ0) is 15.4. The van der Waals surface area contributed by atoms with Crippen LogP contribution in [-0.4, -0.2) is 37.0 Å². The molecule has 0 aromatic heterocycles. The van der Waals surface area contributed by atoms with Crippen LogP contribution in [0.5, 0.6) is 5.75 Å². The Hall–Kier alpha value is -1.62. The Bertz CT molecular complexity index is 503. The summed E-state index contributed by atoms with van der Waals surface area (Å²) in [6.45, 7) is 4.60. The maximum Gasteiger partial charge on any atom is 0.260 e. The molecule has 4 nitrogen and oxygen atoms in total. The van der Waals surface area contributed by atoms with Crippen molar-refractivity contribution in [2.75, 3.05) is 20.2 Å². The lowest BCUT2D eigenvalue weighted by Crippen LogP contribution is -2.36. The van der Waals surface area contributed by atoms with Gasteiger partial charge in [0.05, 0.1) is 0 Å². The minimum Gasteiger partial charge on any atom is -0.483 e. The standard InChI is InChI=1S/C16H23FN2O2/c1-4-19(13-6-7-13)16(20)10-21-15-8-5-12(17)9-14(15)11(2)18-3/h5,8-9,11,13,18H,4,6-7,10H2,1-3H3. The first kappa shape index (κ1) is 15.8. The van der Waals surface area contributed by atoms with Crippen LogP contribution in [0, 0.1) is 5.82 Å². The molecular formula is C16H23FN2O2. The molecular weight excluding hydrogens is 271 g/mol. The molecule has 1 unspecified atom stereocenters. The first-order valence-electron chi connectivity index (χ1n) is 7.45. The van der Waals surface area contributed by atoms with Gasteiger partial charge in [-0.15, -0.1) is 0 Å². The van der Waals surface area contributed by atoms with E-state index in [4.69, 9.17) is 4.74 Å². The SMILES string of the molecule is CCN(C(=O)COc1ccc(F)cc1C(C)NC)C1CC1. The summed E-state index contributed by atoms with van der Waals surface area (Å²) < 4.78 is 19.0. The molecule has 0 saturated heterocycles. The quantitative estimate of drug-likeness (QED) is 0.840. The van der Waals surface area contributed by atoms with Gasteiger partial charge in [-0.25, -0.2) is 4.39 Å². The van der Waals surface area contributed by atoms with E-state index in [1.165, 1.54) is 12.1 Å². The summed E-state index contributed by atoms with van der Waals surface area (Å²) in [6, 6.07) is 4.72. The summed E-state index contributed by atoms with van der Waals surface area (Å²) in [4.78, 5) is 14.0. The average Bonchev–Trinajstić information content (AvgIpc) is 3.30. The van der Waals surface area contributed by atoms with Crippen LogP contribution in [0.4, 0.5) is 4.39 Å². The fourth-order valence-electron chi connectivity index (χ4n) is 2.39. The molecule has 0 bridgehead atoms. The summed E-state index contributed by atoms with van der Waals surface area (Å²) in [6.07, 6.45) is 2.16. The molecule has 0 aliphatic heterocycles. The van der Waals surface area contributed by atoms with E-state index in [2.05, 4.69) is 5.32 Å². The Balaban J connectivity index is 2.03. The van der Waals surface area contributed by atoms with Gasteiger partial charge in [0.1, 0.15) is 11.6 Å². The lowest BCUT2D eigenvalue weighted by atomic mass is 10.1. The third-order valence-corrected chi connectivity index (χ3v) is 3.87. The van der Waals surface area contributed by atoms with Crippen LogP contribution < -0.4 is 10.1 Å². The van der Waals surface area contributed by atoms with E-state index in [1.807, 2.05) is 18.7 Å². The fourth-order valence-corrected chi connectivity index (χ4v) is 2.39. The van der Waals surface area contributed by atoms with E-state index < -0.39 is 0 Å². The first-order chi connectivity index (χ1) is 10.1. The molecule has 1 aromatic rings. The molecule has 1 aromatic carbocycles. The number of rotatable bonds is 7. The Morgan fingerprint density at radius 3 is 2.81 bits per heavy atom. The molecule has 2 rings (SSSR count). The molecule has 0 heterocycles. The number of likely N-dealkylation sites (N-methyl/N-ethyl adjacent to an activating group) is 1. The molecule has 116 valence electrons. The molecule has 1 aliphatic rings. The van der Waals surface area contributed by atoms with E-state index in [9.17, 15) is 9.18 Å². The van der Waals surface area contributed by atoms with Gasteiger partial charge in [-0.05, 0) is 51.9 Å². The summed E-state index contributed by atoms with van der Waals surface area (Å²) >= 11 is 0. The largest absolute Gasteiger partial charge is 0.483 e. The van der Waals surface area contributed by atoms with Gasteiger partial charge in [0.25, 0.3) is 5.91 Å². The van der Waals surface area contributed by atoms with Gasteiger partial charge < -0.3 is 15.0 Å². The normalized spacial score (nSPS) is 15.6. The minimum absolute atomic E-state index is 0.000589. The van der Waals surface area contributed by atoms with Crippen molar-refractivity contribution in [1.82, 2.24) is 10.2 Å². The second kappa shape index (κ2) is 6.89. The fraction of sp³-hybridized carbons (Fsp3) is 0.562. The van der Waals surface area contributed by atoms with E-state index in [0.29, 0.717) is 18.3 Å². The predicted molar refractivity (Wildman–Crippen MR) is 79.8 cm³/mol. The van der Waals surface area contributed by atoms with Gasteiger partial charge in [0, 0.05) is 24.2 Å². The van der Waals surface area contributed by atoms with Gasteiger partial charge in [-0.3, -0.25) is 4.79 Å². The number of amides is 1. The summed E-state index contributed by atoms with van der Waals surface area (Å²) in [5.74, 6) is 0.241. The van der Waals surface area contributed by atoms with E-state index in [0.717, 1.165) is 18.4 Å². The number of hydrogen-bond acceptors (Lipinski definition) is 3. The number of carbonyl (C=O) groups is 1. The molecule has 21 heavy (non-hydrogen) atoms. The van der Waals surface area contributed by atoms with Gasteiger partial charge in [0.2, 0.25) is 0 Å². The number of nitrogens with zero attached hydrogens (tertiary/aromatic N) is 1. The predicted octanol–water partition coefficient (Wildman–Crippen LogP) is 2.50. The van der Waals surface area contributed by atoms with Crippen molar-refractivity contribution >= 4 is 5.91 Å². The van der Waals surface area contributed by atoms with Crippen molar-refractivity contribution in [3.63, 3.8) is 0 Å². The number of nitrogens with one attached hydrogen (secondary N) is 1. The number of benzene rings is 1. The van der Waals surface area contributed by atoms with Crippen molar-refractivity contribution in [2.45, 2.75) is 38.8 Å². The third kappa shape index (κ3) is 3.94. The lowest BCUT2D eigenvalue weighted by Gasteiger charge is -2.21. The maximum atomic E-state index is 13.4. The molecule has 1 aliphatic carbocycles. The van der Waals surface area contributed by atoms with Gasteiger partial charge in [-0.2, -0.15) is 0 Å². The van der Waals surface area contributed by atoms with Crippen LogP contribution in [0.3, 0.4) is 0 Å². The van der Waals surface area contributed by atoms with Crippen LogP contribution in [0.25, 0.3) is 0 Å². The molecule has 1 fully saturated rings. The van der Waals surface area contributed by atoms with Crippen LogP contribution in [0.2, 0.25) is 0 Å². The van der Waals surface area contributed by atoms with Crippen molar-refractivity contribution in [2.24, 2.45) is 0 Å². The third-order valence-electron chi connectivity index (χ3n) is 3.87. The summed E-state index contributed by atoms with van der Waals surface area (Å²) in [7, 11) is 1.80. The second-order valence-electron chi connectivity index (χ2n) is 5.39. The monoisotopic (exact) mass is 294 g/mol. The Morgan fingerprint density at radius 2 is 2.24 bits per heavy atom. The van der Waals surface area contributed by atoms with Crippen LogP contribution >= 0.6 is 0 Å². The number of hydrogen-bond donors (Lipinski definition) is 1. The topological polar surface area (TPSA) is 41.6 Å². The lowest BCUT2D eigenvalue weighted by molar-refractivity contribution is -0.133. The summed E-state index contributed by atoms with van der Waals surface area (Å²) in [5, 5.41) is 3.06. The van der Waals surface area contributed by atoms with Crippen molar-refractivity contribution in [1.29, 1.82) is 0 Å². The zero-order valence-electron chi connectivity index (χ0n) is 12.9. The van der Waals surface area contributed by atoms with Gasteiger partial charge >= 0.3 is 0 Å². The average molecular weight is 294 g/mol. The van der Waals surface area contributed by atoms with Gasteiger partial charge in [-0.1, -0.05) is 0 Å². The highest BCUT2D eigenvalue weighted by molar-refractivity contribution is 5.78. The van der Waals surface area contributed by atoms with Crippen LogP contribution in [0.1, 0.15) is 38.3 Å². The summed E-state index contributed by atoms with van der Waals surface area (Å²) in [5.41, 5.74) is 0.722. The second-order valence-corrected chi connectivity index (χ2v) is 5.39. The zero-order valence-corrected chi connectivity index (χ0v) is 12.9. The molecule has 1 atom stereocenters. The molecule has 1 saturated carbocycles. The minimum atomic E-state index is -0.307. The smallest absolute Gasteiger partial charge is 0.260 e. The number of carbonyl (C=O) groups excluding carboxylic acids is 1. The molecule has 1 N–H and O–H groups in total. The number of ether oxygens (including phenoxy) is 1. The first-order valence-corrected chi connectivity index (χ1v) is 7.45. The number of halogens is 1. The Kier molecular flexibility index (Phi) is 5.17. The van der Waals surface area contributed by atoms with E-state index >= 15 is 0 Å². The molecule has 1 amide bonds. The van der Waals surface area contributed by atoms with Gasteiger partial charge in [0.15, 0.2) is 6.61 Å². The Morgan fingerprint density at radius 1 is 1.52 bits per heavy atom. The molecule has 0 radical (unpaired) electrons. The van der Waals surface area contributed by atoms with Crippen LogP contribution in [0.15, 0.2) is 18.2 Å². The molecule has 5 heteroatoms. The molecule has 0 spiro atoms. The highest BCUT2D eigenvalue weighted by atomic mass is 19.1. The Labute approximate surface area is 125 Å².